The molecule has 5 heteroatoms. The van der Waals surface area contributed by atoms with Crippen molar-refractivity contribution in [2.75, 3.05) is 38.0 Å². The third-order valence-corrected chi connectivity index (χ3v) is 3.67. The van der Waals surface area contributed by atoms with E-state index in [1.54, 1.807) is 14.1 Å². The first-order valence-corrected chi connectivity index (χ1v) is 9.43. The van der Waals surface area contributed by atoms with Crippen LogP contribution in [0.2, 0.25) is 0 Å². The highest BCUT2D eigenvalue weighted by Crippen LogP contribution is 2.34. The molecule has 1 aromatic rings. The van der Waals surface area contributed by atoms with Crippen molar-refractivity contribution in [1.82, 2.24) is 4.90 Å². The summed E-state index contributed by atoms with van der Waals surface area (Å²) in [6.45, 7) is 6.61. The standard InChI is InChI=1S/C16H26N2O2.CH3I/c1-8-16(2,3)12-9-10-14(13(11-12)17(4)5)20-15(19)18(6)7;1-2/h9-11H,8H2,1-7H3;1H3. The molecule has 0 bridgehead atoms. The number of nitrogens with zero attached hydrogens (tertiary/aromatic N) is 2. The maximum atomic E-state index is 11.7. The lowest BCUT2D eigenvalue weighted by Crippen LogP contribution is -2.26. The van der Waals surface area contributed by atoms with Crippen molar-refractivity contribution in [2.24, 2.45) is 0 Å². The number of rotatable bonds is 4. The predicted octanol–water partition coefficient (Wildman–Crippen LogP) is 4.55. The van der Waals surface area contributed by atoms with Gasteiger partial charge in [0.1, 0.15) is 0 Å². The molecular weight excluding hydrogens is 391 g/mol. The van der Waals surface area contributed by atoms with Crippen molar-refractivity contribution in [3.05, 3.63) is 23.8 Å². The van der Waals surface area contributed by atoms with Gasteiger partial charge >= 0.3 is 6.09 Å². The summed E-state index contributed by atoms with van der Waals surface area (Å²) in [5.41, 5.74) is 2.27. The highest BCUT2D eigenvalue weighted by atomic mass is 127. The minimum atomic E-state index is -0.365. The highest BCUT2D eigenvalue weighted by molar-refractivity contribution is 14.1. The van der Waals surface area contributed by atoms with Crippen molar-refractivity contribution in [2.45, 2.75) is 32.6 Å². The fraction of sp³-hybridized carbons (Fsp3) is 0.588. The van der Waals surface area contributed by atoms with Crippen LogP contribution >= 0.6 is 22.6 Å². The molecule has 0 aromatic heterocycles. The summed E-state index contributed by atoms with van der Waals surface area (Å²) in [6.07, 6.45) is 0.687. The molecule has 0 spiro atoms. The normalized spacial score (nSPS) is 10.4. The number of halogens is 1. The monoisotopic (exact) mass is 420 g/mol. The van der Waals surface area contributed by atoms with Crippen molar-refractivity contribution in [3.63, 3.8) is 0 Å². The van der Waals surface area contributed by atoms with E-state index in [0.29, 0.717) is 5.75 Å². The van der Waals surface area contributed by atoms with Gasteiger partial charge < -0.3 is 14.5 Å². The molecule has 0 heterocycles. The second kappa shape index (κ2) is 9.22. The molecule has 4 nitrogen and oxygen atoms in total. The molecule has 0 N–H and O–H groups in total. The average molecular weight is 420 g/mol. The Bertz CT molecular complexity index is 486. The van der Waals surface area contributed by atoms with Crippen LogP contribution in [0.1, 0.15) is 32.8 Å². The molecule has 0 atom stereocenters. The Labute approximate surface area is 149 Å². The molecule has 0 saturated carbocycles. The van der Waals surface area contributed by atoms with Gasteiger partial charge in [-0.25, -0.2) is 4.79 Å². The fourth-order valence-corrected chi connectivity index (χ4v) is 1.76. The molecule has 0 saturated heterocycles. The molecule has 126 valence electrons. The summed E-state index contributed by atoms with van der Waals surface area (Å²) >= 11 is 2.15. The number of carbonyl (C=O) groups excluding carboxylic acids is 1. The number of benzene rings is 1. The largest absolute Gasteiger partial charge is 0.414 e. The zero-order chi connectivity index (χ0) is 17.5. The van der Waals surface area contributed by atoms with Crippen LogP contribution in [-0.4, -0.2) is 44.1 Å². The molecule has 0 fully saturated rings. The number of ether oxygens (including phenoxy) is 1. The Morgan fingerprint density at radius 1 is 1.18 bits per heavy atom. The summed E-state index contributed by atoms with van der Waals surface area (Å²) in [5.74, 6) is 0.587. The molecule has 1 amide bonds. The van der Waals surface area contributed by atoms with Crippen LogP contribution in [-0.2, 0) is 5.41 Å². The van der Waals surface area contributed by atoms with Gasteiger partial charge in [0, 0.05) is 28.2 Å². The van der Waals surface area contributed by atoms with E-state index in [-0.39, 0.29) is 11.5 Å². The van der Waals surface area contributed by atoms with Gasteiger partial charge in [0.05, 0.1) is 5.69 Å². The number of hydrogen-bond donors (Lipinski definition) is 0. The number of amides is 1. The van der Waals surface area contributed by atoms with Crippen LogP contribution in [0.15, 0.2) is 18.2 Å². The van der Waals surface area contributed by atoms with Gasteiger partial charge in [0.15, 0.2) is 5.75 Å². The van der Waals surface area contributed by atoms with Crippen LogP contribution in [0.5, 0.6) is 5.75 Å². The van der Waals surface area contributed by atoms with Crippen LogP contribution in [0.25, 0.3) is 0 Å². The first-order valence-electron chi connectivity index (χ1n) is 7.28. The van der Waals surface area contributed by atoms with Gasteiger partial charge in [0.2, 0.25) is 0 Å². The maximum Gasteiger partial charge on any atom is 0.414 e. The van der Waals surface area contributed by atoms with E-state index in [1.165, 1.54) is 10.5 Å². The summed E-state index contributed by atoms with van der Waals surface area (Å²) < 4.78 is 5.41. The van der Waals surface area contributed by atoms with Gasteiger partial charge in [-0.3, -0.25) is 0 Å². The Morgan fingerprint density at radius 2 is 1.73 bits per heavy atom. The Hall–Kier alpha value is -0.980. The average Bonchev–Trinajstić information content (AvgIpc) is 2.49. The lowest BCUT2D eigenvalue weighted by atomic mass is 9.82. The number of alkyl halides is 1. The molecule has 0 radical (unpaired) electrons. The van der Waals surface area contributed by atoms with E-state index in [1.807, 2.05) is 36.1 Å². The van der Waals surface area contributed by atoms with Crippen LogP contribution in [0.3, 0.4) is 0 Å². The van der Waals surface area contributed by atoms with E-state index in [2.05, 4.69) is 49.4 Å². The quantitative estimate of drug-likeness (QED) is 0.529. The minimum absolute atomic E-state index is 0.106. The second-order valence-electron chi connectivity index (χ2n) is 6.08. The summed E-state index contributed by atoms with van der Waals surface area (Å²) in [5, 5.41) is 0. The Morgan fingerprint density at radius 3 is 2.14 bits per heavy atom. The van der Waals surface area contributed by atoms with E-state index in [4.69, 9.17) is 4.74 Å². The van der Waals surface area contributed by atoms with Gasteiger partial charge in [-0.15, -0.1) is 0 Å². The molecule has 0 unspecified atom stereocenters. The molecule has 0 aliphatic heterocycles. The molecule has 0 aliphatic carbocycles. The van der Waals surface area contributed by atoms with Crippen molar-refractivity contribution in [3.8, 4) is 5.75 Å². The third kappa shape index (κ3) is 5.66. The number of anilines is 1. The fourth-order valence-electron chi connectivity index (χ4n) is 1.76. The summed E-state index contributed by atoms with van der Waals surface area (Å²) in [7, 11) is 7.24. The second-order valence-corrected chi connectivity index (χ2v) is 6.08. The van der Waals surface area contributed by atoms with Crippen molar-refractivity contribution < 1.29 is 9.53 Å². The van der Waals surface area contributed by atoms with Crippen LogP contribution < -0.4 is 9.64 Å². The smallest absolute Gasteiger partial charge is 0.408 e. The highest BCUT2D eigenvalue weighted by Gasteiger charge is 2.21. The van der Waals surface area contributed by atoms with Gasteiger partial charge in [-0.1, -0.05) is 49.4 Å². The topological polar surface area (TPSA) is 32.8 Å². The summed E-state index contributed by atoms with van der Waals surface area (Å²) in [4.78, 5) is 17.1. The Balaban J connectivity index is 0.00000211. The van der Waals surface area contributed by atoms with Crippen molar-refractivity contribution >= 4 is 34.4 Å². The van der Waals surface area contributed by atoms with E-state index >= 15 is 0 Å². The van der Waals surface area contributed by atoms with Crippen LogP contribution in [0.4, 0.5) is 10.5 Å². The molecule has 0 aliphatic rings. The zero-order valence-electron chi connectivity index (χ0n) is 15.0. The van der Waals surface area contributed by atoms with Gasteiger partial charge in [-0.2, -0.15) is 0 Å². The number of carbonyl (C=O) groups is 1. The first kappa shape index (κ1) is 21.0. The van der Waals surface area contributed by atoms with Gasteiger partial charge in [0.25, 0.3) is 0 Å². The molecule has 1 aromatic carbocycles. The minimum Gasteiger partial charge on any atom is -0.408 e. The molecular formula is C17H29IN2O2. The lowest BCUT2D eigenvalue weighted by Gasteiger charge is -2.26. The van der Waals surface area contributed by atoms with E-state index in [0.717, 1.165) is 12.1 Å². The molecule has 22 heavy (non-hydrogen) atoms. The third-order valence-electron chi connectivity index (χ3n) is 3.67. The lowest BCUT2D eigenvalue weighted by molar-refractivity contribution is 0.172. The maximum absolute atomic E-state index is 11.7. The van der Waals surface area contributed by atoms with E-state index in [9.17, 15) is 4.79 Å². The van der Waals surface area contributed by atoms with Gasteiger partial charge in [-0.05, 0) is 34.5 Å². The first-order chi connectivity index (χ1) is 10.2. The number of hydrogen-bond acceptors (Lipinski definition) is 3. The van der Waals surface area contributed by atoms with E-state index < -0.39 is 0 Å². The molecule has 1 rings (SSSR count). The SMILES string of the molecule is CCC(C)(C)c1ccc(OC(=O)N(C)C)c(N(C)C)c1.CI. The van der Waals surface area contributed by atoms with Crippen molar-refractivity contribution in [1.29, 1.82) is 0 Å². The predicted molar refractivity (Wildman–Crippen MR) is 104 cm³/mol. The zero-order valence-corrected chi connectivity index (χ0v) is 17.2. The summed E-state index contributed by atoms with van der Waals surface area (Å²) in [6, 6.07) is 6.01. The van der Waals surface area contributed by atoms with Crippen LogP contribution in [0, 0.1) is 0 Å². The Kier molecular flexibility index (Phi) is 8.81.